The topological polar surface area (TPSA) is 39.2 Å². The second-order valence-electron chi connectivity index (χ2n) is 4.87. The van der Waals surface area contributed by atoms with Crippen molar-refractivity contribution >= 4 is 28.5 Å². The Hall–Kier alpha value is -1.68. The van der Waals surface area contributed by atoms with Crippen LogP contribution in [0.15, 0.2) is 18.3 Å². The predicted molar refractivity (Wildman–Crippen MR) is 74.6 cm³/mol. The van der Waals surface area contributed by atoms with Crippen LogP contribution >= 0.6 is 11.6 Å². The summed E-state index contributed by atoms with van der Waals surface area (Å²) in [7, 11) is 0. The van der Waals surface area contributed by atoms with Crippen molar-refractivity contribution in [2.45, 2.75) is 25.7 Å². The van der Waals surface area contributed by atoms with Gasteiger partial charge in [0, 0.05) is 11.6 Å². The highest BCUT2D eigenvalue weighted by atomic mass is 35.5. The van der Waals surface area contributed by atoms with E-state index in [4.69, 9.17) is 16.3 Å². The Morgan fingerprint density at radius 2 is 2.25 bits per heavy atom. The van der Waals surface area contributed by atoms with Crippen LogP contribution < -0.4 is 0 Å². The molecule has 3 nitrogen and oxygen atoms in total. The summed E-state index contributed by atoms with van der Waals surface area (Å²) in [6.07, 6.45) is 3.41. The van der Waals surface area contributed by atoms with E-state index in [0.717, 1.165) is 12.8 Å². The van der Waals surface area contributed by atoms with Gasteiger partial charge in [-0.3, -0.25) is 4.98 Å². The van der Waals surface area contributed by atoms with Gasteiger partial charge in [-0.1, -0.05) is 11.6 Å². The van der Waals surface area contributed by atoms with E-state index in [1.807, 2.05) is 0 Å². The van der Waals surface area contributed by atoms with Crippen LogP contribution in [0.25, 0.3) is 10.9 Å². The maximum atomic E-state index is 14.1. The molecule has 104 valence electrons. The Morgan fingerprint density at radius 1 is 1.50 bits per heavy atom. The molecule has 0 N–H and O–H groups in total. The molecule has 0 amide bonds. The maximum Gasteiger partial charge on any atom is 0.341 e. The van der Waals surface area contributed by atoms with E-state index in [9.17, 15) is 9.18 Å². The first kappa shape index (κ1) is 13.3. The van der Waals surface area contributed by atoms with Gasteiger partial charge < -0.3 is 4.74 Å². The van der Waals surface area contributed by atoms with E-state index in [1.54, 1.807) is 13.0 Å². The van der Waals surface area contributed by atoms with E-state index in [2.05, 4.69) is 4.98 Å². The number of carbonyl (C=O) groups excluding carboxylic acids is 1. The number of halogens is 2. The minimum Gasteiger partial charge on any atom is -0.462 e. The van der Waals surface area contributed by atoms with Crippen molar-refractivity contribution in [1.29, 1.82) is 0 Å². The zero-order chi connectivity index (χ0) is 14.3. The number of rotatable bonds is 3. The molecule has 1 heterocycles. The van der Waals surface area contributed by atoms with E-state index in [-0.39, 0.29) is 23.0 Å². The summed E-state index contributed by atoms with van der Waals surface area (Å²) in [6, 6.07) is 3.09. The number of ether oxygens (including phenoxy) is 1. The molecule has 0 radical (unpaired) electrons. The van der Waals surface area contributed by atoms with Crippen molar-refractivity contribution in [3.05, 3.63) is 40.3 Å². The molecule has 0 unspecified atom stereocenters. The number of hydrogen-bond donors (Lipinski definition) is 0. The minimum absolute atomic E-state index is 0.166. The summed E-state index contributed by atoms with van der Waals surface area (Å²) >= 11 is 6.18. The van der Waals surface area contributed by atoms with Crippen LogP contribution in [0, 0.1) is 5.82 Å². The molecule has 0 spiro atoms. The smallest absolute Gasteiger partial charge is 0.341 e. The zero-order valence-corrected chi connectivity index (χ0v) is 11.7. The molecule has 3 rings (SSSR count). The zero-order valence-electron chi connectivity index (χ0n) is 11.0. The molecule has 0 saturated heterocycles. The Bertz CT molecular complexity index is 698. The van der Waals surface area contributed by atoms with Crippen LogP contribution in [0.2, 0.25) is 5.02 Å². The second-order valence-corrected chi connectivity index (χ2v) is 5.25. The largest absolute Gasteiger partial charge is 0.462 e. The Labute approximate surface area is 120 Å². The fourth-order valence-electron chi connectivity index (χ4n) is 2.25. The molecule has 5 heteroatoms. The molecule has 1 saturated carbocycles. The van der Waals surface area contributed by atoms with Crippen LogP contribution in [0.3, 0.4) is 0 Å². The number of hydrogen-bond acceptors (Lipinski definition) is 3. The molecule has 0 bridgehead atoms. The first-order valence-electron chi connectivity index (χ1n) is 6.56. The lowest BCUT2D eigenvalue weighted by atomic mass is 10.1. The number of esters is 1. The van der Waals surface area contributed by atoms with Gasteiger partial charge in [0.1, 0.15) is 5.82 Å². The summed E-state index contributed by atoms with van der Waals surface area (Å²) in [5.41, 5.74) is 1.45. The van der Waals surface area contributed by atoms with Gasteiger partial charge >= 0.3 is 5.97 Å². The molecule has 1 aromatic heterocycles. The summed E-state index contributed by atoms with van der Waals surface area (Å²) in [5, 5.41) is 0.633. The molecular formula is C15H13ClFNO2. The molecule has 20 heavy (non-hydrogen) atoms. The van der Waals surface area contributed by atoms with Gasteiger partial charge in [-0.05, 0) is 43.4 Å². The minimum atomic E-state index is -0.543. The fourth-order valence-corrected chi connectivity index (χ4v) is 2.53. The number of benzene rings is 1. The van der Waals surface area contributed by atoms with Gasteiger partial charge in [-0.2, -0.15) is 0 Å². The quantitative estimate of drug-likeness (QED) is 0.800. The lowest BCUT2D eigenvalue weighted by Gasteiger charge is -2.09. The lowest BCUT2D eigenvalue weighted by molar-refractivity contribution is 0.0526. The Kier molecular flexibility index (Phi) is 3.34. The summed E-state index contributed by atoms with van der Waals surface area (Å²) in [6.45, 7) is 1.96. The van der Waals surface area contributed by atoms with Crippen LogP contribution in [-0.2, 0) is 4.74 Å². The van der Waals surface area contributed by atoms with Gasteiger partial charge in [-0.25, -0.2) is 9.18 Å². The first-order valence-corrected chi connectivity index (χ1v) is 6.94. The van der Waals surface area contributed by atoms with Crippen molar-refractivity contribution in [3.8, 4) is 0 Å². The van der Waals surface area contributed by atoms with E-state index >= 15 is 0 Å². The molecule has 0 atom stereocenters. The molecule has 1 aliphatic rings. The fraction of sp³-hybridized carbons (Fsp3) is 0.333. The van der Waals surface area contributed by atoms with Crippen molar-refractivity contribution in [2.75, 3.05) is 6.61 Å². The molecule has 1 fully saturated rings. The third-order valence-corrected chi connectivity index (χ3v) is 3.84. The van der Waals surface area contributed by atoms with Crippen molar-refractivity contribution in [3.63, 3.8) is 0 Å². The molecule has 0 aliphatic heterocycles. The normalized spacial score (nSPS) is 14.6. The highest BCUT2D eigenvalue weighted by Gasteiger charge is 2.27. The SMILES string of the molecule is CCOC(=O)c1cnc2cc(C3CC3)c(F)cc2c1Cl. The average Bonchev–Trinajstić information content (AvgIpc) is 3.24. The van der Waals surface area contributed by atoms with Crippen molar-refractivity contribution in [1.82, 2.24) is 4.98 Å². The van der Waals surface area contributed by atoms with Crippen LogP contribution in [0.1, 0.15) is 41.6 Å². The molecular weight excluding hydrogens is 281 g/mol. The van der Waals surface area contributed by atoms with Gasteiger partial charge in [-0.15, -0.1) is 0 Å². The van der Waals surface area contributed by atoms with E-state index in [0.29, 0.717) is 22.4 Å². The van der Waals surface area contributed by atoms with Crippen LogP contribution in [0.5, 0.6) is 0 Å². The van der Waals surface area contributed by atoms with Crippen molar-refractivity contribution < 1.29 is 13.9 Å². The Morgan fingerprint density at radius 3 is 2.90 bits per heavy atom. The molecule has 2 aromatic rings. The first-order chi connectivity index (χ1) is 9.61. The number of pyridine rings is 1. The molecule has 1 aliphatic carbocycles. The van der Waals surface area contributed by atoms with Gasteiger partial charge in [0.05, 0.1) is 22.7 Å². The highest BCUT2D eigenvalue weighted by Crippen LogP contribution is 2.42. The lowest BCUT2D eigenvalue weighted by Crippen LogP contribution is -2.06. The third kappa shape index (κ3) is 2.24. The number of carbonyl (C=O) groups is 1. The van der Waals surface area contributed by atoms with Crippen molar-refractivity contribution in [2.24, 2.45) is 0 Å². The van der Waals surface area contributed by atoms with E-state index in [1.165, 1.54) is 12.3 Å². The van der Waals surface area contributed by atoms with Gasteiger partial charge in [0.25, 0.3) is 0 Å². The van der Waals surface area contributed by atoms with E-state index < -0.39 is 5.97 Å². The summed E-state index contributed by atoms with van der Waals surface area (Å²) in [4.78, 5) is 15.9. The summed E-state index contributed by atoms with van der Waals surface area (Å²) in [5.74, 6) is -0.534. The maximum absolute atomic E-state index is 14.1. The number of nitrogens with zero attached hydrogens (tertiary/aromatic N) is 1. The molecule has 1 aromatic carbocycles. The highest BCUT2D eigenvalue weighted by molar-refractivity contribution is 6.38. The third-order valence-electron chi connectivity index (χ3n) is 3.43. The predicted octanol–water partition coefficient (Wildman–Crippen LogP) is 4.08. The number of aromatic nitrogens is 1. The van der Waals surface area contributed by atoms with Gasteiger partial charge in [0.2, 0.25) is 0 Å². The average molecular weight is 294 g/mol. The number of fused-ring (bicyclic) bond motifs is 1. The summed E-state index contributed by atoms with van der Waals surface area (Å²) < 4.78 is 19.0. The van der Waals surface area contributed by atoms with Gasteiger partial charge in [0.15, 0.2) is 0 Å². The standard InChI is InChI=1S/C15H13ClFNO2/c1-2-20-15(19)11-7-18-13-6-9(8-3-4-8)12(17)5-10(13)14(11)16/h5-8H,2-4H2,1H3. The second kappa shape index (κ2) is 5.02. The Balaban J connectivity index is 2.12. The van der Waals surface area contributed by atoms with Crippen LogP contribution in [0.4, 0.5) is 4.39 Å². The van der Waals surface area contributed by atoms with Crippen LogP contribution in [-0.4, -0.2) is 17.6 Å². The monoisotopic (exact) mass is 293 g/mol.